The number of benzene rings is 2. The maximum Gasteiger partial charge on any atom is 0.407 e. The molecule has 0 radical (unpaired) electrons. The molecule has 1 amide bonds. The van der Waals surface area contributed by atoms with E-state index in [0.29, 0.717) is 17.8 Å². The van der Waals surface area contributed by atoms with Crippen LogP contribution in [-0.4, -0.2) is 18.6 Å². The van der Waals surface area contributed by atoms with Gasteiger partial charge in [0.05, 0.1) is 0 Å². The van der Waals surface area contributed by atoms with Crippen molar-refractivity contribution in [2.45, 2.75) is 26.4 Å². The van der Waals surface area contributed by atoms with Crippen molar-refractivity contribution in [1.29, 1.82) is 0 Å². The molecule has 0 unspecified atom stereocenters. The van der Waals surface area contributed by atoms with Gasteiger partial charge >= 0.3 is 17.7 Å². The minimum absolute atomic E-state index is 0.120. The fourth-order valence-electron chi connectivity index (χ4n) is 2.75. The Bertz CT molecular complexity index is 1060. The lowest BCUT2D eigenvalue weighted by Crippen LogP contribution is -2.26. The topological polar surface area (TPSA) is 94.8 Å². The highest BCUT2D eigenvalue weighted by atomic mass is 16.5. The number of alkyl carbamates (subject to hydrolysis) is 1. The van der Waals surface area contributed by atoms with E-state index in [1.807, 2.05) is 37.3 Å². The lowest BCUT2D eigenvalue weighted by Gasteiger charge is -2.08. The number of aryl methyl sites for hydroxylation is 1. The Hall–Kier alpha value is -3.61. The van der Waals surface area contributed by atoms with Gasteiger partial charge in [0.15, 0.2) is 0 Å². The van der Waals surface area contributed by atoms with E-state index in [1.54, 1.807) is 12.1 Å². The molecule has 0 aliphatic heterocycles. The highest BCUT2D eigenvalue weighted by Gasteiger charge is 2.09. The number of amides is 1. The summed E-state index contributed by atoms with van der Waals surface area (Å²) in [4.78, 5) is 35.1. The lowest BCUT2D eigenvalue weighted by molar-refractivity contribution is -0.134. The molecule has 1 aromatic heterocycles. The third kappa shape index (κ3) is 5.93. The number of hydrogen-bond donors (Lipinski definition) is 1. The van der Waals surface area contributed by atoms with E-state index < -0.39 is 17.7 Å². The number of carbonyl (C=O) groups is 2. The summed E-state index contributed by atoms with van der Waals surface area (Å²) in [5.74, 6) is -0.148. The number of rotatable bonds is 7. The summed E-state index contributed by atoms with van der Waals surface area (Å²) >= 11 is 0. The van der Waals surface area contributed by atoms with E-state index in [-0.39, 0.29) is 19.6 Å². The molecule has 1 heterocycles. The smallest absolute Gasteiger partial charge is 0.407 e. The summed E-state index contributed by atoms with van der Waals surface area (Å²) in [7, 11) is 0. The summed E-state index contributed by atoms with van der Waals surface area (Å²) in [5.41, 5.74) is 1.60. The third-order valence-corrected chi connectivity index (χ3v) is 4.19. The van der Waals surface area contributed by atoms with Crippen molar-refractivity contribution in [2.24, 2.45) is 0 Å². The van der Waals surface area contributed by atoms with E-state index in [0.717, 1.165) is 16.5 Å². The Morgan fingerprint density at radius 3 is 2.66 bits per heavy atom. The Morgan fingerprint density at radius 2 is 1.86 bits per heavy atom. The van der Waals surface area contributed by atoms with Crippen LogP contribution in [0.2, 0.25) is 0 Å². The van der Waals surface area contributed by atoms with Crippen LogP contribution in [0, 0.1) is 6.92 Å². The van der Waals surface area contributed by atoms with Crippen LogP contribution in [-0.2, 0) is 16.1 Å². The molecule has 0 saturated carbocycles. The van der Waals surface area contributed by atoms with Crippen LogP contribution in [0.3, 0.4) is 0 Å². The molecular weight excluding hydrogens is 374 g/mol. The van der Waals surface area contributed by atoms with Crippen molar-refractivity contribution in [3.8, 4) is 5.75 Å². The molecule has 3 rings (SSSR count). The van der Waals surface area contributed by atoms with Crippen LogP contribution in [0.5, 0.6) is 5.75 Å². The number of hydrogen-bond acceptors (Lipinski definition) is 6. The zero-order valence-electron chi connectivity index (χ0n) is 16.0. The van der Waals surface area contributed by atoms with Crippen LogP contribution in [0.25, 0.3) is 11.0 Å². The molecule has 0 aliphatic rings. The molecular formula is C22H21NO6. The number of ether oxygens (including phenoxy) is 2. The molecule has 7 heteroatoms. The van der Waals surface area contributed by atoms with E-state index in [9.17, 15) is 14.4 Å². The van der Waals surface area contributed by atoms with E-state index in [1.165, 1.54) is 12.1 Å². The molecule has 7 nitrogen and oxygen atoms in total. The molecule has 3 aromatic rings. The van der Waals surface area contributed by atoms with Gasteiger partial charge in [-0.25, -0.2) is 9.59 Å². The normalized spacial score (nSPS) is 10.5. The fourth-order valence-corrected chi connectivity index (χ4v) is 2.75. The first kappa shape index (κ1) is 20.1. The van der Waals surface area contributed by atoms with Crippen molar-refractivity contribution in [1.82, 2.24) is 5.32 Å². The van der Waals surface area contributed by atoms with Gasteiger partial charge in [-0.2, -0.15) is 0 Å². The van der Waals surface area contributed by atoms with Gasteiger partial charge in [-0.05, 0) is 36.6 Å². The second-order valence-electron chi connectivity index (χ2n) is 6.47. The molecule has 0 spiro atoms. The second-order valence-corrected chi connectivity index (χ2v) is 6.47. The number of fused-ring (bicyclic) bond motifs is 1. The summed E-state index contributed by atoms with van der Waals surface area (Å²) in [6, 6.07) is 15.7. The van der Waals surface area contributed by atoms with Crippen molar-refractivity contribution < 1.29 is 23.5 Å². The van der Waals surface area contributed by atoms with Crippen LogP contribution in [0.15, 0.2) is 63.8 Å². The van der Waals surface area contributed by atoms with Gasteiger partial charge in [0.25, 0.3) is 0 Å². The predicted molar refractivity (Wildman–Crippen MR) is 107 cm³/mol. The predicted octanol–water partition coefficient (Wildman–Crippen LogP) is 3.71. The average Bonchev–Trinajstić information content (AvgIpc) is 2.70. The number of nitrogens with one attached hydrogen (secondary N) is 1. The lowest BCUT2D eigenvalue weighted by atomic mass is 10.1. The van der Waals surface area contributed by atoms with Crippen molar-refractivity contribution in [3.63, 3.8) is 0 Å². The number of esters is 1. The Balaban J connectivity index is 1.40. The van der Waals surface area contributed by atoms with Crippen LogP contribution >= 0.6 is 0 Å². The van der Waals surface area contributed by atoms with E-state index in [4.69, 9.17) is 13.9 Å². The standard InChI is InChI=1S/C22H21NO6/c1-15-12-21(25)29-19-13-17(9-10-18(15)19)28-20(24)8-5-11-23-22(26)27-14-16-6-3-2-4-7-16/h2-4,6-7,9-10,12-13H,5,8,11,14H2,1H3,(H,23,26). The quantitative estimate of drug-likeness (QED) is 0.284. The summed E-state index contributed by atoms with van der Waals surface area (Å²) in [6.07, 6.45) is -0.0161. The van der Waals surface area contributed by atoms with Gasteiger partial charge in [0.2, 0.25) is 0 Å². The first-order valence-electron chi connectivity index (χ1n) is 9.21. The molecule has 0 atom stereocenters. The van der Waals surface area contributed by atoms with Crippen LogP contribution < -0.4 is 15.7 Å². The Labute approximate surface area is 167 Å². The van der Waals surface area contributed by atoms with Gasteiger partial charge < -0.3 is 19.2 Å². The highest BCUT2D eigenvalue weighted by molar-refractivity contribution is 5.82. The zero-order chi connectivity index (χ0) is 20.6. The van der Waals surface area contributed by atoms with Crippen molar-refractivity contribution in [2.75, 3.05) is 6.54 Å². The second kappa shape index (κ2) is 9.54. The van der Waals surface area contributed by atoms with Crippen LogP contribution in [0.4, 0.5) is 4.79 Å². The molecule has 0 bridgehead atoms. The summed E-state index contributed by atoms with van der Waals surface area (Å²) < 4.78 is 15.5. The molecule has 0 saturated heterocycles. The van der Waals surface area contributed by atoms with Gasteiger partial charge in [-0.3, -0.25) is 4.79 Å². The molecule has 29 heavy (non-hydrogen) atoms. The Kier molecular flexibility index (Phi) is 6.63. The molecule has 0 fully saturated rings. The van der Waals surface area contributed by atoms with Crippen molar-refractivity contribution >= 4 is 23.0 Å². The van der Waals surface area contributed by atoms with E-state index in [2.05, 4.69) is 5.32 Å². The highest BCUT2D eigenvalue weighted by Crippen LogP contribution is 2.22. The molecule has 150 valence electrons. The summed E-state index contributed by atoms with van der Waals surface area (Å²) in [6.45, 7) is 2.28. The van der Waals surface area contributed by atoms with Gasteiger partial charge in [0, 0.05) is 30.5 Å². The monoisotopic (exact) mass is 395 g/mol. The molecule has 1 N–H and O–H groups in total. The minimum Gasteiger partial charge on any atom is -0.445 e. The molecule has 0 aliphatic carbocycles. The minimum atomic E-state index is -0.540. The van der Waals surface area contributed by atoms with Gasteiger partial charge in [-0.1, -0.05) is 30.3 Å². The SMILES string of the molecule is Cc1cc(=O)oc2cc(OC(=O)CCCNC(=O)OCc3ccccc3)ccc12. The maximum atomic E-state index is 12.0. The fraction of sp³-hybridized carbons (Fsp3) is 0.227. The van der Waals surface area contributed by atoms with Gasteiger partial charge in [-0.15, -0.1) is 0 Å². The first-order chi connectivity index (χ1) is 14.0. The first-order valence-corrected chi connectivity index (χ1v) is 9.21. The van der Waals surface area contributed by atoms with Crippen molar-refractivity contribution in [3.05, 3.63) is 76.1 Å². The van der Waals surface area contributed by atoms with E-state index >= 15 is 0 Å². The largest absolute Gasteiger partial charge is 0.445 e. The molecule has 2 aromatic carbocycles. The average molecular weight is 395 g/mol. The number of carbonyl (C=O) groups excluding carboxylic acids is 2. The third-order valence-electron chi connectivity index (χ3n) is 4.19. The van der Waals surface area contributed by atoms with Crippen LogP contribution in [0.1, 0.15) is 24.0 Å². The van der Waals surface area contributed by atoms with Gasteiger partial charge in [0.1, 0.15) is 17.9 Å². The zero-order valence-corrected chi connectivity index (χ0v) is 16.0. The maximum absolute atomic E-state index is 12.0. The summed E-state index contributed by atoms with van der Waals surface area (Å²) in [5, 5.41) is 3.37. The Morgan fingerprint density at radius 1 is 1.07 bits per heavy atom.